The summed E-state index contributed by atoms with van der Waals surface area (Å²) in [5.41, 5.74) is 2.76. The lowest BCUT2D eigenvalue weighted by Crippen LogP contribution is -2.42. The quantitative estimate of drug-likeness (QED) is 0.610. The first-order chi connectivity index (χ1) is 7.44. The van der Waals surface area contributed by atoms with E-state index < -0.39 is 0 Å². The number of hydrogen-bond acceptors (Lipinski definition) is 1. The molecule has 2 rings (SSSR count). The third kappa shape index (κ3) is 1.77. The molecule has 3 atom stereocenters. The lowest BCUT2D eigenvalue weighted by atomic mass is 9.57. The normalized spacial score (nSPS) is 38.9. The summed E-state index contributed by atoms with van der Waals surface area (Å²) in [6.07, 6.45) is 6.42. The summed E-state index contributed by atoms with van der Waals surface area (Å²) < 4.78 is 0. The van der Waals surface area contributed by atoms with Crippen LogP contribution in [0.4, 0.5) is 0 Å². The lowest BCUT2D eigenvalue weighted by Gasteiger charge is -2.46. The van der Waals surface area contributed by atoms with Crippen molar-refractivity contribution in [2.24, 2.45) is 17.3 Å². The summed E-state index contributed by atoms with van der Waals surface area (Å²) in [6.45, 7) is 10.5. The maximum absolute atomic E-state index is 12.1. The fourth-order valence-corrected chi connectivity index (χ4v) is 3.54. The van der Waals surface area contributed by atoms with Gasteiger partial charge in [0.25, 0.3) is 0 Å². The topological polar surface area (TPSA) is 17.1 Å². The molecule has 0 spiro atoms. The van der Waals surface area contributed by atoms with Crippen molar-refractivity contribution < 1.29 is 4.79 Å². The van der Waals surface area contributed by atoms with Crippen molar-refractivity contribution >= 4 is 5.78 Å². The zero-order valence-electron chi connectivity index (χ0n) is 10.7. The summed E-state index contributed by atoms with van der Waals surface area (Å²) in [7, 11) is 0. The maximum Gasteiger partial charge on any atom is 0.140 e. The molecule has 0 saturated heterocycles. The van der Waals surface area contributed by atoms with Crippen molar-refractivity contribution in [1.82, 2.24) is 0 Å². The second-order valence-corrected chi connectivity index (χ2v) is 5.97. The first kappa shape index (κ1) is 11.6. The van der Waals surface area contributed by atoms with Gasteiger partial charge in [-0.3, -0.25) is 4.79 Å². The number of carbonyl (C=O) groups excluding carboxylic acids is 1. The molecule has 0 amide bonds. The first-order valence-corrected chi connectivity index (χ1v) is 6.29. The molecule has 1 nitrogen and oxygen atoms in total. The van der Waals surface area contributed by atoms with Crippen LogP contribution in [0.3, 0.4) is 0 Å². The molecule has 0 heterocycles. The van der Waals surface area contributed by atoms with E-state index >= 15 is 0 Å². The molecule has 1 fully saturated rings. The molecule has 0 aromatic carbocycles. The predicted molar refractivity (Wildman–Crippen MR) is 67.1 cm³/mol. The molecule has 0 radical (unpaired) electrons. The molecular formula is C15H22O. The standard InChI is InChI=1S/C15H22O/c1-10(2)12-8-13-11(3)6-5-7-15(13,4)9-14(12)16/h6,12-13H,1,5,7-9H2,2-4H3/t12-,13+,15+/m0/s1. The van der Waals surface area contributed by atoms with Crippen LogP contribution in [0.25, 0.3) is 0 Å². The van der Waals surface area contributed by atoms with Gasteiger partial charge < -0.3 is 0 Å². The predicted octanol–water partition coefficient (Wildman–Crippen LogP) is 3.90. The van der Waals surface area contributed by atoms with Crippen LogP contribution in [0.15, 0.2) is 23.8 Å². The minimum atomic E-state index is 0.111. The van der Waals surface area contributed by atoms with Crippen LogP contribution in [-0.4, -0.2) is 5.78 Å². The molecule has 2 aliphatic carbocycles. The number of hydrogen-bond donors (Lipinski definition) is 0. The van der Waals surface area contributed by atoms with Gasteiger partial charge in [-0.15, -0.1) is 0 Å². The van der Waals surface area contributed by atoms with Crippen LogP contribution >= 0.6 is 0 Å². The fraction of sp³-hybridized carbons (Fsp3) is 0.667. The Balaban J connectivity index is 2.29. The zero-order valence-corrected chi connectivity index (χ0v) is 10.7. The van der Waals surface area contributed by atoms with Gasteiger partial charge in [-0.2, -0.15) is 0 Å². The molecule has 0 aromatic rings. The number of fused-ring (bicyclic) bond motifs is 1. The summed E-state index contributed by atoms with van der Waals surface area (Å²) in [4.78, 5) is 12.1. The molecule has 0 N–H and O–H groups in total. The van der Waals surface area contributed by atoms with E-state index in [1.807, 2.05) is 6.92 Å². The van der Waals surface area contributed by atoms with E-state index in [1.165, 1.54) is 12.0 Å². The van der Waals surface area contributed by atoms with Gasteiger partial charge in [0.1, 0.15) is 5.78 Å². The second kappa shape index (κ2) is 3.87. The van der Waals surface area contributed by atoms with Crippen LogP contribution in [0, 0.1) is 17.3 Å². The Labute approximate surface area is 98.6 Å². The molecule has 88 valence electrons. The number of allylic oxidation sites excluding steroid dienone is 3. The van der Waals surface area contributed by atoms with Crippen LogP contribution in [0.5, 0.6) is 0 Å². The molecule has 0 aliphatic heterocycles. The van der Waals surface area contributed by atoms with Crippen LogP contribution < -0.4 is 0 Å². The van der Waals surface area contributed by atoms with Gasteiger partial charge >= 0.3 is 0 Å². The minimum absolute atomic E-state index is 0.111. The third-order valence-electron chi connectivity index (χ3n) is 4.61. The molecule has 1 heteroatoms. The molecule has 0 unspecified atom stereocenters. The van der Waals surface area contributed by atoms with Crippen molar-refractivity contribution in [2.75, 3.05) is 0 Å². The van der Waals surface area contributed by atoms with Gasteiger partial charge in [-0.1, -0.05) is 30.7 Å². The number of rotatable bonds is 1. The Morgan fingerprint density at radius 3 is 2.88 bits per heavy atom. The molecule has 1 saturated carbocycles. The average Bonchev–Trinajstić information content (AvgIpc) is 2.15. The Bertz CT molecular complexity index is 364. The van der Waals surface area contributed by atoms with E-state index in [4.69, 9.17) is 0 Å². The van der Waals surface area contributed by atoms with Crippen molar-refractivity contribution in [3.63, 3.8) is 0 Å². The van der Waals surface area contributed by atoms with Crippen LogP contribution in [-0.2, 0) is 4.79 Å². The van der Waals surface area contributed by atoms with Crippen molar-refractivity contribution in [3.05, 3.63) is 23.8 Å². The highest BCUT2D eigenvalue weighted by Gasteiger charge is 2.45. The van der Waals surface area contributed by atoms with Crippen LogP contribution in [0.1, 0.15) is 46.5 Å². The Hall–Kier alpha value is -0.850. The highest BCUT2D eigenvalue weighted by Crippen LogP contribution is 2.51. The van der Waals surface area contributed by atoms with E-state index in [0.29, 0.717) is 11.7 Å². The fourth-order valence-electron chi connectivity index (χ4n) is 3.54. The van der Waals surface area contributed by atoms with Crippen LogP contribution in [0.2, 0.25) is 0 Å². The summed E-state index contributed by atoms with van der Waals surface area (Å²) in [5, 5.41) is 0. The van der Waals surface area contributed by atoms with Gasteiger partial charge in [0.15, 0.2) is 0 Å². The van der Waals surface area contributed by atoms with Gasteiger partial charge in [-0.05, 0) is 44.4 Å². The minimum Gasteiger partial charge on any atom is -0.299 e. The monoisotopic (exact) mass is 218 g/mol. The smallest absolute Gasteiger partial charge is 0.140 e. The molecule has 0 aromatic heterocycles. The van der Waals surface area contributed by atoms with Gasteiger partial charge in [-0.25, -0.2) is 0 Å². The highest BCUT2D eigenvalue weighted by atomic mass is 16.1. The number of ketones is 1. The molecule has 0 bridgehead atoms. The molecule has 2 aliphatic rings. The Morgan fingerprint density at radius 2 is 2.25 bits per heavy atom. The summed E-state index contributed by atoms with van der Waals surface area (Å²) >= 11 is 0. The molecular weight excluding hydrogens is 196 g/mol. The van der Waals surface area contributed by atoms with E-state index in [0.717, 1.165) is 24.8 Å². The number of Topliss-reactive ketones (excluding diaryl/α,β-unsaturated/α-hetero) is 1. The van der Waals surface area contributed by atoms with Crippen molar-refractivity contribution in [1.29, 1.82) is 0 Å². The van der Waals surface area contributed by atoms with E-state index in [1.54, 1.807) is 0 Å². The zero-order chi connectivity index (χ0) is 11.9. The van der Waals surface area contributed by atoms with Crippen molar-refractivity contribution in [3.8, 4) is 0 Å². The summed E-state index contributed by atoms with van der Waals surface area (Å²) in [5.74, 6) is 1.13. The summed E-state index contributed by atoms with van der Waals surface area (Å²) in [6, 6.07) is 0. The second-order valence-electron chi connectivity index (χ2n) is 5.97. The number of carbonyl (C=O) groups is 1. The SMILES string of the molecule is C=C(C)[C@@H]1C[C@@H]2C(C)=CCC[C@]2(C)CC1=O. The highest BCUT2D eigenvalue weighted by molar-refractivity contribution is 5.85. The van der Waals surface area contributed by atoms with Gasteiger partial charge in [0.2, 0.25) is 0 Å². The Morgan fingerprint density at radius 1 is 1.56 bits per heavy atom. The van der Waals surface area contributed by atoms with E-state index in [9.17, 15) is 4.79 Å². The van der Waals surface area contributed by atoms with Crippen molar-refractivity contribution in [2.45, 2.75) is 46.5 Å². The lowest BCUT2D eigenvalue weighted by molar-refractivity contribution is -0.129. The van der Waals surface area contributed by atoms with Gasteiger partial charge in [0, 0.05) is 12.3 Å². The van der Waals surface area contributed by atoms with E-state index in [-0.39, 0.29) is 11.3 Å². The first-order valence-electron chi connectivity index (χ1n) is 6.29. The Kier molecular flexibility index (Phi) is 2.81. The largest absolute Gasteiger partial charge is 0.299 e. The third-order valence-corrected chi connectivity index (χ3v) is 4.61. The molecule has 16 heavy (non-hydrogen) atoms. The maximum atomic E-state index is 12.1. The average molecular weight is 218 g/mol. The van der Waals surface area contributed by atoms with Gasteiger partial charge in [0.05, 0.1) is 0 Å². The van der Waals surface area contributed by atoms with E-state index in [2.05, 4.69) is 26.5 Å².